The maximum absolute atomic E-state index is 12.1. The molecule has 0 fully saturated rings. The standard InChI is InChI=1S/C15H13BrClNO2/c1-10(20-12-6-4-5-11(17)9-12)15(19)18-14-8-3-2-7-13(14)16/h2-10H,1H3,(H,18,19). The Morgan fingerprint density at radius 2 is 2.00 bits per heavy atom. The normalized spacial score (nSPS) is 11.8. The summed E-state index contributed by atoms with van der Waals surface area (Å²) in [4.78, 5) is 12.1. The van der Waals surface area contributed by atoms with Crippen molar-refractivity contribution in [3.8, 4) is 5.75 Å². The number of para-hydroxylation sites is 1. The first-order valence-electron chi connectivity index (χ1n) is 6.04. The van der Waals surface area contributed by atoms with Gasteiger partial charge in [-0.3, -0.25) is 4.79 Å². The fourth-order valence-corrected chi connectivity index (χ4v) is 2.16. The van der Waals surface area contributed by atoms with Crippen LogP contribution < -0.4 is 10.1 Å². The van der Waals surface area contributed by atoms with Crippen molar-refractivity contribution in [3.63, 3.8) is 0 Å². The van der Waals surface area contributed by atoms with Crippen molar-refractivity contribution >= 4 is 39.1 Å². The lowest BCUT2D eigenvalue weighted by Gasteiger charge is -2.15. The van der Waals surface area contributed by atoms with E-state index in [1.807, 2.05) is 24.3 Å². The molecule has 0 aliphatic rings. The van der Waals surface area contributed by atoms with E-state index in [0.717, 1.165) is 4.47 Å². The van der Waals surface area contributed by atoms with Crippen LogP contribution >= 0.6 is 27.5 Å². The summed E-state index contributed by atoms with van der Waals surface area (Å²) in [6, 6.07) is 14.4. The van der Waals surface area contributed by atoms with Gasteiger partial charge in [0.25, 0.3) is 5.91 Å². The van der Waals surface area contributed by atoms with Crippen molar-refractivity contribution in [2.24, 2.45) is 0 Å². The van der Waals surface area contributed by atoms with Crippen LogP contribution in [0, 0.1) is 0 Å². The van der Waals surface area contributed by atoms with E-state index in [4.69, 9.17) is 16.3 Å². The lowest BCUT2D eigenvalue weighted by atomic mass is 10.3. The summed E-state index contributed by atoms with van der Waals surface area (Å²) < 4.78 is 6.38. The van der Waals surface area contributed by atoms with Crippen molar-refractivity contribution in [3.05, 3.63) is 58.0 Å². The smallest absolute Gasteiger partial charge is 0.265 e. The lowest BCUT2D eigenvalue weighted by Crippen LogP contribution is -2.30. The Hall–Kier alpha value is -1.52. The van der Waals surface area contributed by atoms with Gasteiger partial charge in [-0.2, -0.15) is 0 Å². The predicted molar refractivity (Wildman–Crippen MR) is 84.3 cm³/mol. The van der Waals surface area contributed by atoms with Crippen LogP contribution in [0.15, 0.2) is 53.0 Å². The van der Waals surface area contributed by atoms with Crippen molar-refractivity contribution in [1.82, 2.24) is 0 Å². The highest BCUT2D eigenvalue weighted by molar-refractivity contribution is 9.10. The first-order chi connectivity index (χ1) is 9.56. The SMILES string of the molecule is CC(Oc1cccc(Cl)c1)C(=O)Nc1ccccc1Br. The Morgan fingerprint density at radius 1 is 1.25 bits per heavy atom. The summed E-state index contributed by atoms with van der Waals surface area (Å²) in [5.74, 6) is 0.337. The first-order valence-corrected chi connectivity index (χ1v) is 7.21. The molecule has 0 aliphatic heterocycles. The molecule has 0 aliphatic carbocycles. The minimum atomic E-state index is -0.624. The molecule has 20 heavy (non-hydrogen) atoms. The maximum atomic E-state index is 12.1. The number of hydrogen-bond acceptors (Lipinski definition) is 2. The van der Waals surface area contributed by atoms with Crippen molar-refractivity contribution in [1.29, 1.82) is 0 Å². The molecule has 0 heterocycles. The zero-order chi connectivity index (χ0) is 14.5. The van der Waals surface area contributed by atoms with Crippen LogP contribution in [-0.2, 0) is 4.79 Å². The number of amides is 1. The van der Waals surface area contributed by atoms with E-state index in [1.54, 1.807) is 31.2 Å². The second kappa shape index (κ2) is 6.77. The molecule has 1 unspecified atom stereocenters. The number of anilines is 1. The highest BCUT2D eigenvalue weighted by atomic mass is 79.9. The van der Waals surface area contributed by atoms with E-state index in [-0.39, 0.29) is 5.91 Å². The van der Waals surface area contributed by atoms with Crippen molar-refractivity contribution in [2.75, 3.05) is 5.32 Å². The van der Waals surface area contributed by atoms with Crippen LogP contribution in [0.25, 0.3) is 0 Å². The minimum Gasteiger partial charge on any atom is -0.481 e. The van der Waals surface area contributed by atoms with Crippen LogP contribution in [0.5, 0.6) is 5.75 Å². The third-order valence-electron chi connectivity index (χ3n) is 2.61. The molecule has 0 spiro atoms. The highest BCUT2D eigenvalue weighted by Gasteiger charge is 2.15. The number of halogens is 2. The summed E-state index contributed by atoms with van der Waals surface area (Å²) in [7, 11) is 0. The molecule has 0 aromatic heterocycles. The van der Waals surface area contributed by atoms with E-state index < -0.39 is 6.10 Å². The molecule has 0 bridgehead atoms. The number of nitrogens with one attached hydrogen (secondary N) is 1. The predicted octanol–water partition coefficient (Wildman–Crippen LogP) is 4.51. The van der Waals surface area contributed by atoms with Gasteiger partial charge in [0, 0.05) is 9.50 Å². The summed E-state index contributed by atoms with van der Waals surface area (Å²) in [5.41, 5.74) is 0.707. The summed E-state index contributed by atoms with van der Waals surface area (Å²) in [5, 5.41) is 3.37. The van der Waals surface area contributed by atoms with Crippen molar-refractivity contribution in [2.45, 2.75) is 13.0 Å². The molecule has 5 heteroatoms. The number of benzene rings is 2. The minimum absolute atomic E-state index is 0.225. The van der Waals surface area contributed by atoms with Gasteiger partial charge >= 0.3 is 0 Å². The monoisotopic (exact) mass is 353 g/mol. The maximum Gasteiger partial charge on any atom is 0.265 e. The zero-order valence-corrected chi connectivity index (χ0v) is 13.1. The average Bonchev–Trinajstić information content (AvgIpc) is 2.41. The quantitative estimate of drug-likeness (QED) is 0.877. The van der Waals surface area contributed by atoms with E-state index in [9.17, 15) is 4.79 Å². The van der Waals surface area contributed by atoms with E-state index in [0.29, 0.717) is 16.5 Å². The number of hydrogen-bond donors (Lipinski definition) is 1. The number of carbonyl (C=O) groups is 1. The fourth-order valence-electron chi connectivity index (χ4n) is 1.59. The van der Waals surface area contributed by atoms with Gasteiger partial charge in [0.15, 0.2) is 6.10 Å². The lowest BCUT2D eigenvalue weighted by molar-refractivity contribution is -0.122. The highest BCUT2D eigenvalue weighted by Crippen LogP contribution is 2.22. The van der Waals surface area contributed by atoms with Gasteiger partial charge in [0.2, 0.25) is 0 Å². The summed E-state index contributed by atoms with van der Waals surface area (Å²) in [6.07, 6.45) is -0.624. The van der Waals surface area contributed by atoms with Crippen LogP contribution in [0.2, 0.25) is 5.02 Å². The van der Waals surface area contributed by atoms with Gasteiger partial charge in [-0.25, -0.2) is 0 Å². The molecule has 1 N–H and O–H groups in total. The second-order valence-electron chi connectivity index (χ2n) is 4.19. The van der Waals surface area contributed by atoms with Gasteiger partial charge in [0.1, 0.15) is 5.75 Å². The topological polar surface area (TPSA) is 38.3 Å². The molecule has 1 atom stereocenters. The Kier molecular flexibility index (Phi) is 5.04. The molecule has 0 saturated carbocycles. The van der Waals surface area contributed by atoms with E-state index >= 15 is 0 Å². The fraction of sp³-hybridized carbons (Fsp3) is 0.133. The van der Waals surface area contributed by atoms with E-state index in [1.165, 1.54) is 0 Å². The second-order valence-corrected chi connectivity index (χ2v) is 5.48. The van der Waals surface area contributed by atoms with Gasteiger partial charge < -0.3 is 10.1 Å². The number of carbonyl (C=O) groups excluding carboxylic acids is 1. The van der Waals surface area contributed by atoms with Crippen LogP contribution in [0.3, 0.4) is 0 Å². The average molecular weight is 355 g/mol. The molecule has 1 amide bonds. The summed E-state index contributed by atoms with van der Waals surface area (Å²) in [6.45, 7) is 1.69. The first kappa shape index (κ1) is 14.9. The molecule has 104 valence electrons. The Labute approximate surface area is 131 Å². The third-order valence-corrected chi connectivity index (χ3v) is 3.54. The molecule has 3 nitrogen and oxygen atoms in total. The summed E-state index contributed by atoms with van der Waals surface area (Å²) >= 11 is 9.25. The largest absolute Gasteiger partial charge is 0.481 e. The molecular weight excluding hydrogens is 342 g/mol. The Balaban J connectivity index is 2.01. The van der Waals surface area contributed by atoms with Crippen LogP contribution in [0.1, 0.15) is 6.92 Å². The zero-order valence-electron chi connectivity index (χ0n) is 10.8. The molecule has 2 rings (SSSR count). The molecule has 2 aromatic rings. The van der Waals surface area contributed by atoms with Crippen LogP contribution in [-0.4, -0.2) is 12.0 Å². The van der Waals surface area contributed by atoms with Crippen molar-refractivity contribution < 1.29 is 9.53 Å². The Bertz CT molecular complexity index is 618. The number of ether oxygens (including phenoxy) is 1. The molecular formula is C15H13BrClNO2. The van der Waals surface area contributed by atoms with Gasteiger partial charge in [-0.1, -0.05) is 29.8 Å². The van der Waals surface area contributed by atoms with Gasteiger partial charge in [-0.15, -0.1) is 0 Å². The molecule has 2 aromatic carbocycles. The third kappa shape index (κ3) is 3.99. The molecule has 0 radical (unpaired) electrons. The number of rotatable bonds is 4. The van der Waals surface area contributed by atoms with Gasteiger partial charge in [0.05, 0.1) is 5.69 Å². The molecule has 0 saturated heterocycles. The Morgan fingerprint density at radius 3 is 2.70 bits per heavy atom. The van der Waals surface area contributed by atoms with Gasteiger partial charge in [-0.05, 0) is 53.2 Å². The van der Waals surface area contributed by atoms with Crippen LogP contribution in [0.4, 0.5) is 5.69 Å². The van der Waals surface area contributed by atoms with E-state index in [2.05, 4.69) is 21.2 Å².